The monoisotopic (exact) mass is 353 g/mol. The Labute approximate surface area is 146 Å². The lowest BCUT2D eigenvalue weighted by Gasteiger charge is -2.13. The predicted molar refractivity (Wildman–Crippen MR) is 96.9 cm³/mol. The highest BCUT2D eigenvalue weighted by molar-refractivity contribution is 8.19. The molecule has 0 aliphatic carbocycles. The summed E-state index contributed by atoms with van der Waals surface area (Å²) in [6, 6.07) is 7.59. The molecular weight excluding hydrogens is 330 g/mol. The Bertz CT molecular complexity index is 527. The summed E-state index contributed by atoms with van der Waals surface area (Å²) in [5.41, 5.74) is 1.70. The molecule has 23 heavy (non-hydrogen) atoms. The quantitative estimate of drug-likeness (QED) is 0.759. The maximum Gasteiger partial charge on any atom is 0.338 e. The van der Waals surface area contributed by atoms with E-state index < -0.39 is 5.97 Å². The first-order valence-corrected chi connectivity index (χ1v) is 9.99. The second kappa shape index (κ2) is 9.23. The number of thioether (sulfide) groups is 2. The van der Waals surface area contributed by atoms with E-state index in [1.165, 1.54) is 17.1 Å². The molecule has 1 atom stereocenters. The number of nitrogens with one attached hydrogen (secondary N) is 1. The summed E-state index contributed by atoms with van der Waals surface area (Å²) in [5.74, 6) is 1.63. The van der Waals surface area contributed by atoms with Gasteiger partial charge >= 0.3 is 5.97 Å². The number of ether oxygens (including phenoxy) is 1. The summed E-state index contributed by atoms with van der Waals surface area (Å²) in [6.45, 7) is 3.78. The van der Waals surface area contributed by atoms with Crippen molar-refractivity contribution in [1.29, 1.82) is 0 Å². The number of carbonyl (C=O) groups excluding carboxylic acids is 2. The summed E-state index contributed by atoms with van der Waals surface area (Å²) in [6.07, 6.45) is 1.92. The fraction of sp³-hybridized carbons (Fsp3) is 0.529. The number of rotatable bonds is 7. The molecule has 126 valence electrons. The van der Waals surface area contributed by atoms with Gasteiger partial charge in [0, 0.05) is 17.5 Å². The summed E-state index contributed by atoms with van der Waals surface area (Å²) < 4.78 is 5.54. The summed E-state index contributed by atoms with van der Waals surface area (Å²) in [4.78, 5) is 23.7. The minimum atomic E-state index is -0.457. The Kier molecular flexibility index (Phi) is 7.30. The molecule has 1 aromatic rings. The number of amides is 1. The molecule has 0 unspecified atom stereocenters. The van der Waals surface area contributed by atoms with Crippen LogP contribution in [0.1, 0.15) is 47.2 Å². The number of hydrogen-bond donors (Lipinski definition) is 1. The molecule has 1 aliphatic heterocycles. The van der Waals surface area contributed by atoms with E-state index in [0.29, 0.717) is 10.1 Å². The van der Waals surface area contributed by atoms with Crippen molar-refractivity contribution in [2.75, 3.05) is 18.1 Å². The number of carbonyl (C=O) groups is 2. The highest BCUT2D eigenvalue weighted by Crippen LogP contribution is 2.45. The molecule has 1 N–H and O–H groups in total. The minimum Gasteiger partial charge on any atom is -0.452 e. The lowest BCUT2D eigenvalue weighted by atomic mass is 10.1. The highest BCUT2D eigenvalue weighted by atomic mass is 32.2. The van der Waals surface area contributed by atoms with Crippen LogP contribution in [-0.2, 0) is 9.53 Å². The number of hydrogen-bond acceptors (Lipinski definition) is 5. The zero-order valence-electron chi connectivity index (χ0n) is 13.5. The van der Waals surface area contributed by atoms with Crippen LogP contribution in [0.2, 0.25) is 0 Å². The van der Waals surface area contributed by atoms with E-state index in [9.17, 15) is 9.59 Å². The fourth-order valence-corrected chi connectivity index (χ4v) is 5.22. The Hall–Kier alpha value is -1.14. The molecule has 4 nitrogen and oxygen atoms in total. The molecule has 6 heteroatoms. The second-order valence-corrected chi connectivity index (χ2v) is 8.25. The van der Waals surface area contributed by atoms with Crippen molar-refractivity contribution in [3.8, 4) is 0 Å². The summed E-state index contributed by atoms with van der Waals surface area (Å²) in [7, 11) is 0. The van der Waals surface area contributed by atoms with Crippen LogP contribution >= 0.6 is 23.5 Å². The van der Waals surface area contributed by atoms with Gasteiger partial charge in [0.25, 0.3) is 5.91 Å². The molecule has 0 aromatic heterocycles. The maximum atomic E-state index is 12.0. The van der Waals surface area contributed by atoms with Gasteiger partial charge in [-0.1, -0.05) is 25.5 Å². The van der Waals surface area contributed by atoms with Crippen LogP contribution in [0.5, 0.6) is 0 Å². The average molecular weight is 354 g/mol. The van der Waals surface area contributed by atoms with Gasteiger partial charge in [-0.2, -0.15) is 0 Å². The molecule has 0 bridgehead atoms. The van der Waals surface area contributed by atoms with Gasteiger partial charge < -0.3 is 10.1 Å². The zero-order chi connectivity index (χ0) is 16.7. The van der Waals surface area contributed by atoms with E-state index >= 15 is 0 Å². The molecule has 2 rings (SSSR count). The van der Waals surface area contributed by atoms with Gasteiger partial charge in [-0.3, -0.25) is 4.79 Å². The third-order valence-electron chi connectivity index (χ3n) is 3.50. The van der Waals surface area contributed by atoms with Crippen molar-refractivity contribution in [3.05, 3.63) is 35.4 Å². The van der Waals surface area contributed by atoms with Crippen LogP contribution in [-0.4, -0.2) is 36.0 Å². The van der Waals surface area contributed by atoms with Gasteiger partial charge in [-0.15, -0.1) is 23.5 Å². The van der Waals surface area contributed by atoms with Gasteiger partial charge in [0.1, 0.15) is 0 Å². The number of benzene rings is 1. The van der Waals surface area contributed by atoms with E-state index in [1.54, 1.807) is 12.1 Å². The van der Waals surface area contributed by atoms with Crippen molar-refractivity contribution in [1.82, 2.24) is 5.32 Å². The van der Waals surface area contributed by atoms with Crippen LogP contribution in [0.3, 0.4) is 0 Å². The van der Waals surface area contributed by atoms with E-state index in [2.05, 4.69) is 12.2 Å². The molecule has 1 aromatic carbocycles. The lowest BCUT2D eigenvalue weighted by molar-refractivity contribution is -0.124. The van der Waals surface area contributed by atoms with Crippen LogP contribution in [0.15, 0.2) is 24.3 Å². The standard InChI is InChI=1S/C17H23NO3S2/c1-3-4-12(2)18-15(19)11-21-16(20)13-5-7-14(8-6-13)17-22-9-10-23-17/h5-8,12,17H,3-4,9-11H2,1-2H3,(H,18,19)/t12-/m0/s1. The first-order chi connectivity index (χ1) is 11.1. The first kappa shape index (κ1) is 18.2. The van der Waals surface area contributed by atoms with Gasteiger partial charge in [-0.05, 0) is 31.0 Å². The molecule has 1 aliphatic rings. The van der Waals surface area contributed by atoms with Crippen molar-refractivity contribution in [2.45, 2.75) is 37.3 Å². The van der Waals surface area contributed by atoms with Gasteiger partial charge in [0.2, 0.25) is 0 Å². The Morgan fingerprint density at radius 2 is 1.91 bits per heavy atom. The third kappa shape index (κ3) is 5.77. The second-order valence-electron chi connectivity index (χ2n) is 5.53. The van der Waals surface area contributed by atoms with Crippen molar-refractivity contribution >= 4 is 35.4 Å². The Balaban J connectivity index is 1.80. The molecular formula is C17H23NO3S2. The van der Waals surface area contributed by atoms with Gasteiger partial charge in [0.15, 0.2) is 6.61 Å². The maximum absolute atomic E-state index is 12.0. The summed E-state index contributed by atoms with van der Waals surface area (Å²) >= 11 is 3.85. The van der Waals surface area contributed by atoms with E-state index in [-0.39, 0.29) is 18.6 Å². The summed E-state index contributed by atoms with van der Waals surface area (Å²) in [5, 5.41) is 2.81. The zero-order valence-corrected chi connectivity index (χ0v) is 15.2. The van der Waals surface area contributed by atoms with Crippen molar-refractivity contribution < 1.29 is 14.3 Å². The molecule has 0 spiro atoms. The van der Waals surface area contributed by atoms with E-state index in [1.807, 2.05) is 42.6 Å². The van der Waals surface area contributed by atoms with E-state index in [0.717, 1.165) is 12.8 Å². The Morgan fingerprint density at radius 3 is 2.52 bits per heavy atom. The first-order valence-electron chi connectivity index (χ1n) is 7.89. The molecule has 1 amide bonds. The van der Waals surface area contributed by atoms with E-state index in [4.69, 9.17) is 4.74 Å². The highest BCUT2D eigenvalue weighted by Gasteiger charge is 2.19. The smallest absolute Gasteiger partial charge is 0.338 e. The van der Waals surface area contributed by atoms with Crippen molar-refractivity contribution in [3.63, 3.8) is 0 Å². The largest absolute Gasteiger partial charge is 0.452 e. The van der Waals surface area contributed by atoms with Crippen LogP contribution in [0.25, 0.3) is 0 Å². The predicted octanol–water partition coefficient (Wildman–Crippen LogP) is 3.63. The number of esters is 1. The molecule has 1 fully saturated rings. The van der Waals surface area contributed by atoms with Gasteiger partial charge in [-0.25, -0.2) is 4.79 Å². The SMILES string of the molecule is CCC[C@H](C)NC(=O)COC(=O)c1ccc(C2SCCS2)cc1. The normalized spacial score (nSPS) is 16.1. The van der Waals surface area contributed by atoms with Gasteiger partial charge in [0.05, 0.1) is 10.1 Å². The minimum absolute atomic E-state index is 0.104. The molecule has 0 saturated carbocycles. The van der Waals surface area contributed by atoms with Crippen molar-refractivity contribution in [2.24, 2.45) is 0 Å². The third-order valence-corrected chi connectivity index (χ3v) is 6.61. The topological polar surface area (TPSA) is 55.4 Å². The van der Waals surface area contributed by atoms with Crippen LogP contribution in [0, 0.1) is 0 Å². The lowest BCUT2D eigenvalue weighted by Crippen LogP contribution is -2.35. The van der Waals surface area contributed by atoms with Crippen LogP contribution in [0.4, 0.5) is 0 Å². The fourth-order valence-electron chi connectivity index (χ4n) is 2.36. The molecule has 1 saturated heterocycles. The Morgan fingerprint density at radius 1 is 1.26 bits per heavy atom. The van der Waals surface area contributed by atoms with Crippen LogP contribution < -0.4 is 5.32 Å². The molecule has 0 radical (unpaired) electrons. The molecule has 1 heterocycles. The average Bonchev–Trinajstić information content (AvgIpc) is 3.07.